The zero-order valence-corrected chi connectivity index (χ0v) is 12.3. The lowest BCUT2D eigenvalue weighted by Crippen LogP contribution is -2.32. The predicted molar refractivity (Wildman–Crippen MR) is 76.6 cm³/mol. The summed E-state index contributed by atoms with van der Waals surface area (Å²) >= 11 is 0. The first-order valence-corrected chi connectivity index (χ1v) is 6.36. The lowest BCUT2D eigenvalue weighted by molar-refractivity contribution is 0.261. The van der Waals surface area contributed by atoms with Crippen molar-refractivity contribution in [1.82, 2.24) is 0 Å². The van der Waals surface area contributed by atoms with Crippen molar-refractivity contribution in [2.45, 2.75) is 46.6 Å². The summed E-state index contributed by atoms with van der Waals surface area (Å²) in [5.74, 6) is 0.956. The molecule has 0 saturated carbocycles. The maximum absolute atomic E-state index is 9.08. The van der Waals surface area contributed by atoms with Crippen LogP contribution in [-0.2, 0) is 0 Å². The first-order chi connectivity index (χ1) is 8.32. The van der Waals surface area contributed by atoms with Crippen molar-refractivity contribution in [2.24, 2.45) is 0 Å². The van der Waals surface area contributed by atoms with Crippen molar-refractivity contribution in [2.75, 3.05) is 19.0 Å². The topological polar surface area (TPSA) is 41.5 Å². The molecule has 0 atom stereocenters. The molecular weight excluding hydrogens is 226 g/mol. The highest BCUT2D eigenvalue weighted by atomic mass is 16.5. The van der Waals surface area contributed by atoms with Gasteiger partial charge >= 0.3 is 0 Å². The smallest absolute Gasteiger partial charge is 0.125 e. The van der Waals surface area contributed by atoms with Crippen molar-refractivity contribution in [1.29, 1.82) is 0 Å². The maximum atomic E-state index is 9.08. The molecule has 0 aliphatic heterocycles. The van der Waals surface area contributed by atoms with Crippen LogP contribution >= 0.6 is 0 Å². The minimum atomic E-state index is -0.118. The fourth-order valence-electron chi connectivity index (χ4n) is 2.21. The molecule has 3 nitrogen and oxygen atoms in total. The third kappa shape index (κ3) is 3.16. The Kier molecular flexibility index (Phi) is 4.63. The molecule has 1 aromatic rings. The van der Waals surface area contributed by atoms with Crippen molar-refractivity contribution >= 4 is 5.69 Å². The zero-order chi connectivity index (χ0) is 13.9. The molecule has 2 N–H and O–H groups in total. The normalized spacial score (nSPS) is 11.5. The predicted octanol–water partition coefficient (Wildman–Crippen LogP) is 3.19. The highest BCUT2D eigenvalue weighted by Gasteiger charge is 2.19. The molecule has 0 spiro atoms. The van der Waals surface area contributed by atoms with E-state index in [1.54, 1.807) is 7.11 Å². The van der Waals surface area contributed by atoms with Gasteiger partial charge in [-0.1, -0.05) is 0 Å². The van der Waals surface area contributed by atoms with Gasteiger partial charge in [0.05, 0.1) is 7.11 Å². The molecule has 0 radical (unpaired) electrons. The molecule has 1 aromatic carbocycles. The Hall–Kier alpha value is -1.22. The van der Waals surface area contributed by atoms with Gasteiger partial charge in [0.15, 0.2) is 0 Å². The molecule has 0 heterocycles. The third-order valence-corrected chi connectivity index (χ3v) is 3.44. The molecule has 18 heavy (non-hydrogen) atoms. The Morgan fingerprint density at radius 3 is 2.33 bits per heavy atom. The Morgan fingerprint density at radius 2 is 1.83 bits per heavy atom. The second kappa shape index (κ2) is 5.61. The van der Waals surface area contributed by atoms with Crippen LogP contribution in [0.5, 0.6) is 5.75 Å². The highest BCUT2D eigenvalue weighted by molar-refractivity contribution is 5.62. The maximum Gasteiger partial charge on any atom is 0.125 e. The minimum Gasteiger partial charge on any atom is -0.496 e. The van der Waals surface area contributed by atoms with Crippen LogP contribution < -0.4 is 10.1 Å². The molecule has 3 heteroatoms. The summed E-state index contributed by atoms with van der Waals surface area (Å²) < 4.78 is 5.42. The number of aliphatic hydroxyl groups excluding tert-OH is 1. The molecule has 0 aliphatic rings. The fourth-order valence-corrected chi connectivity index (χ4v) is 2.21. The van der Waals surface area contributed by atoms with E-state index < -0.39 is 0 Å². The van der Waals surface area contributed by atoms with Gasteiger partial charge in [-0.15, -0.1) is 0 Å². The van der Waals surface area contributed by atoms with Gasteiger partial charge in [0.25, 0.3) is 0 Å². The van der Waals surface area contributed by atoms with E-state index in [1.807, 2.05) is 0 Å². The van der Waals surface area contributed by atoms with Crippen LogP contribution in [0.4, 0.5) is 5.69 Å². The minimum absolute atomic E-state index is 0.118. The second-order valence-electron chi connectivity index (χ2n) is 5.51. The van der Waals surface area contributed by atoms with Gasteiger partial charge in [-0.3, -0.25) is 0 Å². The molecular formula is C15H25NO2. The van der Waals surface area contributed by atoms with Gasteiger partial charge in [0, 0.05) is 17.8 Å². The van der Waals surface area contributed by atoms with E-state index >= 15 is 0 Å². The molecule has 102 valence electrons. The number of hydrogen-bond donors (Lipinski definition) is 2. The largest absolute Gasteiger partial charge is 0.496 e. The van der Waals surface area contributed by atoms with Crippen LogP contribution in [0.15, 0.2) is 6.07 Å². The summed E-state index contributed by atoms with van der Waals surface area (Å²) in [5, 5.41) is 12.6. The molecule has 0 fully saturated rings. The molecule has 0 aliphatic carbocycles. The first kappa shape index (κ1) is 14.8. The van der Waals surface area contributed by atoms with E-state index in [0.29, 0.717) is 0 Å². The van der Waals surface area contributed by atoms with E-state index in [4.69, 9.17) is 9.84 Å². The number of aliphatic hydroxyl groups is 1. The summed E-state index contributed by atoms with van der Waals surface area (Å²) in [6, 6.07) is 2.11. The molecule has 1 rings (SSSR count). The fraction of sp³-hybridized carbons (Fsp3) is 0.600. The van der Waals surface area contributed by atoms with Crippen molar-refractivity contribution in [3.8, 4) is 5.75 Å². The van der Waals surface area contributed by atoms with Gasteiger partial charge in [-0.2, -0.15) is 0 Å². The summed E-state index contributed by atoms with van der Waals surface area (Å²) in [7, 11) is 1.71. The summed E-state index contributed by atoms with van der Waals surface area (Å²) in [6.07, 6.45) is 0.719. The monoisotopic (exact) mass is 251 g/mol. The van der Waals surface area contributed by atoms with Crippen LogP contribution in [-0.4, -0.2) is 24.4 Å². The number of hydrogen-bond acceptors (Lipinski definition) is 3. The van der Waals surface area contributed by atoms with E-state index in [2.05, 4.69) is 46.0 Å². The van der Waals surface area contributed by atoms with Crippen LogP contribution in [0.2, 0.25) is 0 Å². The molecule has 0 aromatic heterocycles. The molecule has 0 amide bonds. The van der Waals surface area contributed by atoms with Crippen LogP contribution in [0.3, 0.4) is 0 Å². The standard InChI is InChI=1S/C15H25NO2/c1-10-9-13(16-15(4,5)7-8-17)11(2)12(3)14(10)18-6/h9,16-17H,7-8H2,1-6H3. The lowest BCUT2D eigenvalue weighted by atomic mass is 9.97. The van der Waals surface area contributed by atoms with Crippen LogP contribution in [0.1, 0.15) is 37.0 Å². The number of rotatable bonds is 5. The molecule has 0 bridgehead atoms. The average Bonchev–Trinajstić information content (AvgIpc) is 2.25. The summed E-state index contributed by atoms with van der Waals surface area (Å²) in [5.41, 5.74) is 4.49. The highest BCUT2D eigenvalue weighted by Crippen LogP contribution is 2.33. The van der Waals surface area contributed by atoms with Gasteiger partial charge in [-0.25, -0.2) is 0 Å². The number of ether oxygens (including phenoxy) is 1. The lowest BCUT2D eigenvalue weighted by Gasteiger charge is -2.29. The van der Waals surface area contributed by atoms with Crippen molar-refractivity contribution < 1.29 is 9.84 Å². The van der Waals surface area contributed by atoms with Crippen LogP contribution in [0, 0.1) is 20.8 Å². The zero-order valence-electron chi connectivity index (χ0n) is 12.3. The second-order valence-corrected chi connectivity index (χ2v) is 5.51. The average molecular weight is 251 g/mol. The first-order valence-electron chi connectivity index (χ1n) is 6.36. The van der Waals surface area contributed by atoms with E-state index in [1.165, 1.54) is 11.1 Å². The number of aryl methyl sites for hydroxylation is 1. The van der Waals surface area contributed by atoms with Gasteiger partial charge < -0.3 is 15.2 Å². The number of nitrogens with one attached hydrogen (secondary N) is 1. The van der Waals surface area contributed by atoms with E-state index in [9.17, 15) is 0 Å². The van der Waals surface area contributed by atoms with E-state index in [0.717, 1.165) is 23.4 Å². The van der Waals surface area contributed by atoms with Gasteiger partial charge in [0.1, 0.15) is 5.75 Å². The Bertz CT molecular complexity index is 425. The molecule has 0 saturated heterocycles. The third-order valence-electron chi connectivity index (χ3n) is 3.44. The van der Waals surface area contributed by atoms with Crippen molar-refractivity contribution in [3.63, 3.8) is 0 Å². The Balaban J connectivity index is 3.12. The van der Waals surface area contributed by atoms with Crippen LogP contribution in [0.25, 0.3) is 0 Å². The molecule has 0 unspecified atom stereocenters. The van der Waals surface area contributed by atoms with Gasteiger partial charge in [0.2, 0.25) is 0 Å². The number of methoxy groups -OCH3 is 1. The number of anilines is 1. The van der Waals surface area contributed by atoms with Crippen molar-refractivity contribution in [3.05, 3.63) is 22.8 Å². The number of benzene rings is 1. The van der Waals surface area contributed by atoms with Gasteiger partial charge in [-0.05, 0) is 63.8 Å². The quantitative estimate of drug-likeness (QED) is 0.844. The Morgan fingerprint density at radius 1 is 1.22 bits per heavy atom. The summed E-state index contributed by atoms with van der Waals surface area (Å²) in [4.78, 5) is 0. The Labute approximate surface area is 110 Å². The SMILES string of the molecule is COc1c(C)cc(NC(C)(C)CCO)c(C)c1C. The summed E-state index contributed by atoms with van der Waals surface area (Å²) in [6.45, 7) is 10.6. The van der Waals surface area contributed by atoms with E-state index in [-0.39, 0.29) is 12.1 Å².